The molecule has 0 spiro atoms. The van der Waals surface area contributed by atoms with Crippen molar-refractivity contribution < 1.29 is 0 Å². The summed E-state index contributed by atoms with van der Waals surface area (Å²) in [4.78, 5) is 4.34. The second kappa shape index (κ2) is 3.58. The molecule has 3 heteroatoms. The highest BCUT2D eigenvalue weighted by Gasteiger charge is 2.03. The molecule has 14 heavy (non-hydrogen) atoms. The van der Waals surface area contributed by atoms with Crippen LogP contribution < -0.4 is 5.73 Å². The summed E-state index contributed by atoms with van der Waals surface area (Å²) in [5, 5.41) is 1.13. The molecule has 0 radical (unpaired) electrons. The van der Waals surface area contributed by atoms with E-state index in [0.29, 0.717) is 5.82 Å². The zero-order valence-electron chi connectivity index (χ0n) is 7.92. The average molecular weight is 251 g/mol. The molecule has 2 rings (SSSR count). The fourth-order valence-electron chi connectivity index (χ4n) is 1.55. The number of anilines is 1. The highest BCUT2D eigenvalue weighted by molar-refractivity contribution is 9.10. The first-order valence-corrected chi connectivity index (χ1v) is 5.34. The largest absolute Gasteiger partial charge is 0.384 e. The number of nitrogens with zero attached hydrogens (tertiary/aromatic N) is 1. The van der Waals surface area contributed by atoms with Gasteiger partial charge in [-0.1, -0.05) is 22.9 Å². The molecule has 0 aliphatic carbocycles. The molecular formula is C11H11BrN2. The minimum atomic E-state index is 0.578. The van der Waals surface area contributed by atoms with E-state index in [1.54, 1.807) is 0 Å². The second-order valence-corrected chi connectivity index (χ2v) is 4.14. The molecule has 1 heterocycles. The predicted octanol–water partition coefficient (Wildman–Crippen LogP) is 3.14. The van der Waals surface area contributed by atoms with Crippen LogP contribution in [0.3, 0.4) is 0 Å². The number of benzene rings is 1. The molecule has 2 nitrogen and oxygen atoms in total. The lowest BCUT2D eigenvalue weighted by Gasteiger charge is -2.05. The van der Waals surface area contributed by atoms with Crippen LogP contribution in [0.1, 0.15) is 12.5 Å². The van der Waals surface area contributed by atoms with Crippen LogP contribution in [0.2, 0.25) is 0 Å². The lowest BCUT2D eigenvalue weighted by molar-refractivity contribution is 1.14. The van der Waals surface area contributed by atoms with Crippen LogP contribution in [0.5, 0.6) is 0 Å². The molecule has 0 atom stereocenters. The first-order valence-electron chi connectivity index (χ1n) is 4.55. The molecule has 2 aromatic rings. The predicted molar refractivity (Wildman–Crippen MR) is 63.2 cm³/mol. The van der Waals surface area contributed by atoms with E-state index in [2.05, 4.69) is 40.0 Å². The Morgan fingerprint density at radius 2 is 2.14 bits per heavy atom. The molecule has 0 fully saturated rings. The maximum atomic E-state index is 5.66. The Kier molecular flexibility index (Phi) is 2.42. The van der Waals surface area contributed by atoms with Crippen LogP contribution in [-0.2, 0) is 6.42 Å². The van der Waals surface area contributed by atoms with Gasteiger partial charge in [-0.3, -0.25) is 0 Å². The summed E-state index contributed by atoms with van der Waals surface area (Å²) in [6, 6.07) is 7.98. The second-order valence-electron chi connectivity index (χ2n) is 3.23. The van der Waals surface area contributed by atoms with E-state index >= 15 is 0 Å². The molecule has 0 bridgehead atoms. The van der Waals surface area contributed by atoms with E-state index in [9.17, 15) is 0 Å². The van der Waals surface area contributed by atoms with E-state index in [-0.39, 0.29) is 0 Å². The fourth-order valence-corrected chi connectivity index (χ4v) is 2.08. The lowest BCUT2D eigenvalue weighted by Crippen LogP contribution is -1.93. The van der Waals surface area contributed by atoms with Crippen LogP contribution in [0.25, 0.3) is 10.9 Å². The number of fused-ring (bicyclic) bond motifs is 1. The lowest BCUT2D eigenvalue weighted by atomic mass is 10.1. The molecule has 1 aromatic heterocycles. The molecule has 0 unspecified atom stereocenters. The summed E-state index contributed by atoms with van der Waals surface area (Å²) in [7, 11) is 0. The zero-order valence-corrected chi connectivity index (χ0v) is 9.51. The van der Waals surface area contributed by atoms with Gasteiger partial charge in [0, 0.05) is 9.86 Å². The zero-order chi connectivity index (χ0) is 10.1. The minimum Gasteiger partial charge on any atom is -0.384 e. The van der Waals surface area contributed by atoms with Crippen molar-refractivity contribution in [3.05, 3.63) is 34.3 Å². The number of pyridine rings is 1. The van der Waals surface area contributed by atoms with E-state index in [4.69, 9.17) is 5.73 Å². The number of aryl methyl sites for hydroxylation is 1. The third-order valence-corrected chi connectivity index (χ3v) is 2.70. The summed E-state index contributed by atoms with van der Waals surface area (Å²) >= 11 is 3.48. The number of hydrogen-bond donors (Lipinski definition) is 1. The van der Waals surface area contributed by atoms with Gasteiger partial charge in [0.1, 0.15) is 5.82 Å². The standard InChI is InChI=1S/C11H11BrN2/c1-2-7-5-9(12)6-8-3-4-10(13)14-11(7)8/h3-6H,2H2,1H3,(H2,13,14). The van der Waals surface area contributed by atoms with Crippen molar-refractivity contribution in [3.63, 3.8) is 0 Å². The van der Waals surface area contributed by atoms with Crippen molar-refractivity contribution in [1.29, 1.82) is 0 Å². The van der Waals surface area contributed by atoms with Gasteiger partial charge in [-0.25, -0.2) is 4.98 Å². The topological polar surface area (TPSA) is 38.9 Å². The third kappa shape index (κ3) is 1.60. The van der Waals surface area contributed by atoms with Gasteiger partial charge >= 0.3 is 0 Å². The van der Waals surface area contributed by atoms with Gasteiger partial charge < -0.3 is 5.73 Å². The SMILES string of the molecule is CCc1cc(Br)cc2ccc(N)nc12. The molecule has 72 valence electrons. The normalized spacial score (nSPS) is 10.7. The third-order valence-electron chi connectivity index (χ3n) is 2.24. The molecule has 2 N–H and O–H groups in total. The summed E-state index contributed by atoms with van der Waals surface area (Å²) in [6.45, 7) is 2.12. The highest BCUT2D eigenvalue weighted by atomic mass is 79.9. The molecule has 0 aliphatic heterocycles. The summed E-state index contributed by atoms with van der Waals surface area (Å²) in [5.74, 6) is 0.578. The monoisotopic (exact) mass is 250 g/mol. The number of nitrogens with two attached hydrogens (primary N) is 1. The number of hydrogen-bond acceptors (Lipinski definition) is 2. The summed E-state index contributed by atoms with van der Waals surface area (Å²) in [5.41, 5.74) is 7.90. The van der Waals surface area contributed by atoms with Crippen molar-refractivity contribution in [2.45, 2.75) is 13.3 Å². The van der Waals surface area contributed by atoms with Crippen molar-refractivity contribution in [2.75, 3.05) is 5.73 Å². The Hall–Kier alpha value is -1.09. The number of halogens is 1. The van der Waals surface area contributed by atoms with E-state index in [1.165, 1.54) is 5.56 Å². The van der Waals surface area contributed by atoms with Crippen LogP contribution in [0, 0.1) is 0 Å². The van der Waals surface area contributed by atoms with Gasteiger partial charge in [0.25, 0.3) is 0 Å². The highest BCUT2D eigenvalue weighted by Crippen LogP contribution is 2.24. The maximum absolute atomic E-state index is 5.66. The van der Waals surface area contributed by atoms with Crippen molar-refractivity contribution >= 4 is 32.7 Å². The number of aromatic nitrogens is 1. The van der Waals surface area contributed by atoms with Gasteiger partial charge in [0.2, 0.25) is 0 Å². The average Bonchev–Trinajstić information content (AvgIpc) is 2.17. The Labute approximate surface area is 91.3 Å². The first-order chi connectivity index (χ1) is 6.70. The molecular weight excluding hydrogens is 240 g/mol. The van der Waals surface area contributed by atoms with Crippen LogP contribution in [-0.4, -0.2) is 4.98 Å². The van der Waals surface area contributed by atoms with Gasteiger partial charge in [0.15, 0.2) is 0 Å². The Balaban J connectivity index is 2.81. The summed E-state index contributed by atoms with van der Waals surface area (Å²) < 4.78 is 1.09. The smallest absolute Gasteiger partial charge is 0.124 e. The Morgan fingerprint density at radius 1 is 1.36 bits per heavy atom. The summed E-state index contributed by atoms with van der Waals surface area (Å²) in [6.07, 6.45) is 0.965. The minimum absolute atomic E-state index is 0.578. The van der Waals surface area contributed by atoms with Gasteiger partial charge in [0.05, 0.1) is 5.52 Å². The first kappa shape index (κ1) is 9.46. The Bertz CT molecular complexity index is 480. The van der Waals surface area contributed by atoms with Crippen molar-refractivity contribution in [3.8, 4) is 0 Å². The molecule has 0 aliphatic rings. The van der Waals surface area contributed by atoms with E-state index < -0.39 is 0 Å². The molecule has 1 aromatic carbocycles. The van der Waals surface area contributed by atoms with Crippen molar-refractivity contribution in [2.24, 2.45) is 0 Å². The van der Waals surface area contributed by atoms with Gasteiger partial charge in [-0.2, -0.15) is 0 Å². The number of nitrogen functional groups attached to an aromatic ring is 1. The van der Waals surface area contributed by atoms with Crippen molar-refractivity contribution in [1.82, 2.24) is 4.98 Å². The molecule has 0 saturated heterocycles. The van der Waals surface area contributed by atoms with Crippen LogP contribution in [0.15, 0.2) is 28.7 Å². The van der Waals surface area contributed by atoms with Gasteiger partial charge in [-0.15, -0.1) is 0 Å². The van der Waals surface area contributed by atoms with Gasteiger partial charge in [-0.05, 0) is 36.2 Å². The molecule has 0 saturated carbocycles. The van der Waals surface area contributed by atoms with E-state index in [0.717, 1.165) is 21.8 Å². The van der Waals surface area contributed by atoms with Crippen LogP contribution in [0.4, 0.5) is 5.82 Å². The maximum Gasteiger partial charge on any atom is 0.124 e. The fraction of sp³-hybridized carbons (Fsp3) is 0.182. The quantitative estimate of drug-likeness (QED) is 0.845. The van der Waals surface area contributed by atoms with E-state index in [1.807, 2.05) is 12.1 Å². The molecule has 0 amide bonds. The number of rotatable bonds is 1. The Morgan fingerprint density at radius 3 is 2.86 bits per heavy atom. The van der Waals surface area contributed by atoms with Crippen LogP contribution >= 0.6 is 15.9 Å².